The van der Waals surface area contributed by atoms with E-state index in [1.807, 2.05) is 0 Å². The van der Waals surface area contributed by atoms with Crippen LogP contribution >= 0.6 is 11.6 Å². The van der Waals surface area contributed by atoms with Crippen LogP contribution in [0.15, 0.2) is 52.6 Å². The SMILES string of the molecule is C/C(=N\O)c1ccc(Cl)c(OC(=O)c2ccc(N=C(N)N)cc2)c1. The van der Waals surface area contributed by atoms with Crippen molar-refractivity contribution in [3.63, 3.8) is 0 Å². The van der Waals surface area contributed by atoms with Crippen molar-refractivity contribution in [1.29, 1.82) is 0 Å². The lowest BCUT2D eigenvalue weighted by molar-refractivity contribution is 0.0735. The summed E-state index contributed by atoms with van der Waals surface area (Å²) in [5.41, 5.74) is 12.3. The first-order chi connectivity index (χ1) is 11.4. The van der Waals surface area contributed by atoms with E-state index in [0.717, 1.165) is 0 Å². The first kappa shape index (κ1) is 17.3. The number of halogens is 1. The summed E-state index contributed by atoms with van der Waals surface area (Å²) < 4.78 is 5.29. The number of carbonyl (C=O) groups excluding carboxylic acids is 1. The number of hydrogen-bond donors (Lipinski definition) is 3. The standard InChI is InChI=1S/C16H15ClN4O3/c1-9(21-23)11-4-7-13(17)14(8-11)24-15(22)10-2-5-12(6-3-10)20-16(18)19/h2-8,23H,1H3,(H4,18,19,20)/b21-9+. The van der Waals surface area contributed by atoms with Gasteiger partial charge in [-0.25, -0.2) is 9.79 Å². The molecule has 0 bridgehead atoms. The Morgan fingerprint density at radius 3 is 2.33 bits per heavy atom. The van der Waals surface area contributed by atoms with Crippen molar-refractivity contribution >= 4 is 34.9 Å². The molecule has 0 aromatic heterocycles. The van der Waals surface area contributed by atoms with Gasteiger partial charge in [-0.05, 0) is 43.3 Å². The minimum absolute atomic E-state index is 0.0742. The number of carbonyl (C=O) groups is 1. The molecule has 7 nitrogen and oxygen atoms in total. The molecule has 0 aliphatic rings. The van der Waals surface area contributed by atoms with Gasteiger partial charge in [0.1, 0.15) is 5.75 Å². The Balaban J connectivity index is 2.22. The lowest BCUT2D eigenvalue weighted by atomic mass is 10.1. The van der Waals surface area contributed by atoms with Gasteiger partial charge in [-0.15, -0.1) is 0 Å². The van der Waals surface area contributed by atoms with Gasteiger partial charge in [-0.3, -0.25) is 0 Å². The van der Waals surface area contributed by atoms with Gasteiger partial charge in [0.05, 0.1) is 22.0 Å². The molecule has 8 heteroatoms. The van der Waals surface area contributed by atoms with Crippen molar-refractivity contribution in [2.24, 2.45) is 21.6 Å². The Bertz CT molecular complexity index is 813. The van der Waals surface area contributed by atoms with Crippen molar-refractivity contribution < 1.29 is 14.7 Å². The second kappa shape index (κ2) is 7.47. The molecule has 0 saturated heterocycles. The average Bonchev–Trinajstić information content (AvgIpc) is 2.56. The van der Waals surface area contributed by atoms with Crippen LogP contribution in [0.4, 0.5) is 5.69 Å². The summed E-state index contributed by atoms with van der Waals surface area (Å²) in [5, 5.41) is 12.2. The van der Waals surface area contributed by atoms with E-state index >= 15 is 0 Å². The number of guanidine groups is 1. The van der Waals surface area contributed by atoms with Crippen molar-refractivity contribution in [2.45, 2.75) is 6.92 Å². The van der Waals surface area contributed by atoms with Crippen LogP contribution in [0.3, 0.4) is 0 Å². The van der Waals surface area contributed by atoms with Crippen LogP contribution in [0.5, 0.6) is 5.75 Å². The Labute approximate surface area is 143 Å². The number of oxime groups is 1. The summed E-state index contributed by atoms with van der Waals surface area (Å²) in [4.78, 5) is 16.1. The fourth-order valence-electron chi connectivity index (χ4n) is 1.84. The molecule has 0 spiro atoms. The minimum atomic E-state index is -0.594. The first-order valence-corrected chi connectivity index (χ1v) is 7.19. The summed E-state index contributed by atoms with van der Waals surface area (Å²) in [6, 6.07) is 10.9. The second-order valence-electron chi connectivity index (χ2n) is 4.80. The highest BCUT2D eigenvalue weighted by molar-refractivity contribution is 6.32. The third-order valence-corrected chi connectivity index (χ3v) is 3.38. The fraction of sp³-hybridized carbons (Fsp3) is 0.0625. The quantitative estimate of drug-likeness (QED) is 0.196. The van der Waals surface area contributed by atoms with Gasteiger partial charge >= 0.3 is 5.97 Å². The normalized spacial score (nSPS) is 11.0. The highest BCUT2D eigenvalue weighted by Crippen LogP contribution is 2.27. The maximum Gasteiger partial charge on any atom is 0.343 e. The zero-order chi connectivity index (χ0) is 17.7. The fourth-order valence-corrected chi connectivity index (χ4v) is 2.00. The topological polar surface area (TPSA) is 123 Å². The molecule has 0 heterocycles. The molecule has 24 heavy (non-hydrogen) atoms. The van der Waals surface area contributed by atoms with E-state index in [0.29, 0.717) is 22.5 Å². The number of hydrogen-bond acceptors (Lipinski definition) is 5. The lowest BCUT2D eigenvalue weighted by Gasteiger charge is -2.08. The van der Waals surface area contributed by atoms with Gasteiger partial charge in [-0.2, -0.15) is 0 Å². The van der Waals surface area contributed by atoms with Crippen LogP contribution in [0.1, 0.15) is 22.8 Å². The Kier molecular flexibility index (Phi) is 5.39. The van der Waals surface area contributed by atoms with Gasteiger partial charge in [-0.1, -0.05) is 22.8 Å². The second-order valence-corrected chi connectivity index (χ2v) is 5.21. The molecule has 0 fully saturated rings. The van der Waals surface area contributed by atoms with Crippen LogP contribution in [-0.2, 0) is 0 Å². The van der Waals surface area contributed by atoms with E-state index in [1.54, 1.807) is 31.2 Å². The maximum absolute atomic E-state index is 12.2. The molecule has 0 aliphatic carbocycles. The van der Waals surface area contributed by atoms with Crippen molar-refractivity contribution in [3.8, 4) is 5.75 Å². The summed E-state index contributed by atoms with van der Waals surface area (Å²) in [7, 11) is 0. The van der Waals surface area contributed by atoms with E-state index in [4.69, 9.17) is 33.0 Å². The summed E-state index contributed by atoms with van der Waals surface area (Å²) in [6.07, 6.45) is 0. The highest BCUT2D eigenvalue weighted by atomic mass is 35.5. The zero-order valence-electron chi connectivity index (χ0n) is 12.7. The number of aliphatic imine (C=N–C) groups is 1. The number of ether oxygens (including phenoxy) is 1. The first-order valence-electron chi connectivity index (χ1n) is 6.81. The predicted molar refractivity (Wildman–Crippen MR) is 92.3 cm³/mol. The molecule has 2 aromatic rings. The van der Waals surface area contributed by atoms with Crippen molar-refractivity contribution in [2.75, 3.05) is 0 Å². The van der Waals surface area contributed by atoms with Crippen molar-refractivity contribution in [3.05, 3.63) is 58.6 Å². The minimum Gasteiger partial charge on any atom is -0.421 e. The molecule has 2 rings (SSSR count). The lowest BCUT2D eigenvalue weighted by Crippen LogP contribution is -2.21. The third kappa shape index (κ3) is 4.23. The van der Waals surface area contributed by atoms with E-state index in [-0.39, 0.29) is 16.7 Å². The molecule has 5 N–H and O–H groups in total. The molecular formula is C16H15ClN4O3. The Hall–Kier alpha value is -3.06. The molecule has 0 unspecified atom stereocenters. The van der Waals surface area contributed by atoms with Gasteiger partial charge in [0.25, 0.3) is 0 Å². The summed E-state index contributed by atoms with van der Waals surface area (Å²) in [5.74, 6) is -0.505. The number of nitrogens with two attached hydrogens (primary N) is 2. The van der Waals surface area contributed by atoms with Gasteiger partial charge in [0.15, 0.2) is 5.96 Å². The van der Waals surface area contributed by atoms with E-state index in [1.165, 1.54) is 18.2 Å². The summed E-state index contributed by atoms with van der Waals surface area (Å²) >= 11 is 6.03. The van der Waals surface area contributed by atoms with Crippen LogP contribution in [0.25, 0.3) is 0 Å². The Morgan fingerprint density at radius 1 is 1.12 bits per heavy atom. The number of benzene rings is 2. The van der Waals surface area contributed by atoms with Crippen LogP contribution < -0.4 is 16.2 Å². The molecule has 124 valence electrons. The molecule has 0 atom stereocenters. The zero-order valence-corrected chi connectivity index (χ0v) is 13.5. The Morgan fingerprint density at radius 2 is 1.75 bits per heavy atom. The van der Waals surface area contributed by atoms with Gasteiger partial charge in [0.2, 0.25) is 0 Å². The van der Waals surface area contributed by atoms with Crippen LogP contribution in [0, 0.1) is 0 Å². The summed E-state index contributed by atoms with van der Waals surface area (Å²) in [6.45, 7) is 1.61. The third-order valence-electron chi connectivity index (χ3n) is 3.06. The largest absolute Gasteiger partial charge is 0.421 e. The number of esters is 1. The van der Waals surface area contributed by atoms with Crippen molar-refractivity contribution in [1.82, 2.24) is 0 Å². The maximum atomic E-state index is 12.2. The predicted octanol–water partition coefficient (Wildman–Crippen LogP) is 2.66. The van der Waals surface area contributed by atoms with Crippen LogP contribution in [-0.4, -0.2) is 22.8 Å². The molecule has 0 amide bonds. The molecular weight excluding hydrogens is 332 g/mol. The molecule has 0 radical (unpaired) electrons. The number of rotatable bonds is 4. The molecule has 0 saturated carbocycles. The average molecular weight is 347 g/mol. The highest BCUT2D eigenvalue weighted by Gasteiger charge is 2.13. The van der Waals surface area contributed by atoms with E-state index < -0.39 is 5.97 Å². The monoisotopic (exact) mass is 346 g/mol. The molecule has 2 aromatic carbocycles. The van der Waals surface area contributed by atoms with Crippen LogP contribution in [0.2, 0.25) is 5.02 Å². The van der Waals surface area contributed by atoms with Gasteiger partial charge < -0.3 is 21.4 Å². The smallest absolute Gasteiger partial charge is 0.343 e. The number of nitrogens with zero attached hydrogens (tertiary/aromatic N) is 2. The van der Waals surface area contributed by atoms with Gasteiger partial charge in [0, 0.05) is 5.56 Å². The molecule has 0 aliphatic heterocycles. The van der Waals surface area contributed by atoms with E-state index in [2.05, 4.69) is 10.1 Å². The van der Waals surface area contributed by atoms with E-state index in [9.17, 15) is 4.79 Å².